The monoisotopic (exact) mass is 401 g/mol. The lowest BCUT2D eigenvalue weighted by atomic mass is 10.1. The van der Waals surface area contributed by atoms with E-state index in [4.69, 9.17) is 4.98 Å². The lowest BCUT2D eigenvalue weighted by Crippen LogP contribution is -2.26. The van der Waals surface area contributed by atoms with Crippen molar-refractivity contribution >= 4 is 32.5 Å². The van der Waals surface area contributed by atoms with E-state index in [9.17, 15) is 0 Å². The second kappa shape index (κ2) is 7.89. The van der Waals surface area contributed by atoms with Crippen LogP contribution in [-0.2, 0) is 6.54 Å². The summed E-state index contributed by atoms with van der Waals surface area (Å²) in [7, 11) is 0. The number of anilines is 2. The van der Waals surface area contributed by atoms with Crippen LogP contribution in [-0.4, -0.2) is 32.4 Å². The zero-order chi connectivity index (χ0) is 19.6. The van der Waals surface area contributed by atoms with Gasteiger partial charge in [0, 0.05) is 31.2 Å². The summed E-state index contributed by atoms with van der Waals surface area (Å²) in [5.74, 6) is 0.850. The number of nitrogens with one attached hydrogen (secondary N) is 1. The fraction of sp³-hybridized carbons (Fsp3) is 0.261. The maximum absolute atomic E-state index is 4.73. The van der Waals surface area contributed by atoms with E-state index < -0.39 is 0 Å². The second-order valence-electron chi connectivity index (χ2n) is 7.57. The topological polar surface area (TPSA) is 53.9 Å². The van der Waals surface area contributed by atoms with Gasteiger partial charge in [0.25, 0.3) is 0 Å². The van der Waals surface area contributed by atoms with Crippen LogP contribution in [0.15, 0.2) is 61.1 Å². The number of benzene rings is 1. The van der Waals surface area contributed by atoms with Gasteiger partial charge in [0.15, 0.2) is 5.13 Å². The lowest BCUT2D eigenvalue weighted by Gasteiger charge is -2.21. The largest absolute Gasteiger partial charge is 0.316 e. The highest BCUT2D eigenvalue weighted by Gasteiger charge is 2.20. The second-order valence-corrected chi connectivity index (χ2v) is 8.60. The van der Waals surface area contributed by atoms with Crippen LogP contribution in [0.25, 0.3) is 21.3 Å². The SMILES string of the molecule is CC1CCCN1Cc1ccnc(Nc2nc3ccc(-c4ccncc4)cc3s2)c1. The molecule has 1 fully saturated rings. The minimum Gasteiger partial charge on any atom is -0.316 e. The van der Waals surface area contributed by atoms with Crippen molar-refractivity contribution in [1.82, 2.24) is 19.9 Å². The molecule has 1 saturated heterocycles. The number of pyridine rings is 2. The molecular weight excluding hydrogens is 378 g/mol. The Balaban J connectivity index is 1.35. The Morgan fingerprint density at radius 2 is 1.97 bits per heavy atom. The summed E-state index contributed by atoms with van der Waals surface area (Å²) in [5.41, 5.74) is 4.62. The number of hydrogen-bond donors (Lipinski definition) is 1. The van der Waals surface area contributed by atoms with Crippen molar-refractivity contribution in [3.63, 3.8) is 0 Å². The first kappa shape index (κ1) is 18.2. The standard InChI is InChI=1S/C23H23N5S/c1-16-3-2-12-28(16)15-17-6-11-25-22(13-17)27-23-26-20-5-4-19(14-21(20)29-23)18-7-9-24-10-8-18/h4-11,13-14,16H,2-3,12,15H2,1H3,(H,25,26,27). The van der Waals surface area contributed by atoms with Gasteiger partial charge in [-0.05, 0) is 79.4 Å². The van der Waals surface area contributed by atoms with Gasteiger partial charge in [-0.2, -0.15) is 0 Å². The van der Waals surface area contributed by atoms with E-state index >= 15 is 0 Å². The van der Waals surface area contributed by atoms with Gasteiger partial charge < -0.3 is 5.32 Å². The van der Waals surface area contributed by atoms with E-state index in [-0.39, 0.29) is 0 Å². The molecule has 146 valence electrons. The van der Waals surface area contributed by atoms with Gasteiger partial charge in [0.2, 0.25) is 0 Å². The Hall–Kier alpha value is -2.83. The molecule has 4 aromatic rings. The Morgan fingerprint density at radius 1 is 1.07 bits per heavy atom. The molecule has 1 aromatic carbocycles. The van der Waals surface area contributed by atoms with Crippen LogP contribution in [0.2, 0.25) is 0 Å². The molecule has 0 saturated carbocycles. The molecular formula is C23H23N5S. The normalized spacial score (nSPS) is 17.1. The summed E-state index contributed by atoms with van der Waals surface area (Å²) in [6, 6.07) is 15.3. The first-order chi connectivity index (χ1) is 14.2. The molecule has 1 aliphatic heterocycles. The molecule has 1 unspecified atom stereocenters. The highest BCUT2D eigenvalue weighted by molar-refractivity contribution is 7.22. The Morgan fingerprint density at radius 3 is 2.79 bits per heavy atom. The van der Waals surface area contributed by atoms with E-state index in [0.717, 1.165) is 33.3 Å². The average Bonchev–Trinajstić information content (AvgIpc) is 3.33. The summed E-state index contributed by atoms with van der Waals surface area (Å²) in [6.45, 7) is 4.48. The van der Waals surface area contributed by atoms with E-state index in [1.807, 2.05) is 30.7 Å². The third-order valence-electron chi connectivity index (χ3n) is 5.54. The number of rotatable bonds is 5. The first-order valence-corrected chi connectivity index (χ1v) is 10.8. The molecule has 4 heterocycles. The van der Waals surface area contributed by atoms with Crippen LogP contribution in [0.1, 0.15) is 25.3 Å². The van der Waals surface area contributed by atoms with Gasteiger partial charge in [-0.3, -0.25) is 9.88 Å². The molecule has 0 amide bonds. The Bertz CT molecular complexity index is 1120. The zero-order valence-electron chi connectivity index (χ0n) is 16.4. The van der Waals surface area contributed by atoms with Crippen LogP contribution in [0.4, 0.5) is 10.9 Å². The quantitative estimate of drug-likeness (QED) is 0.480. The van der Waals surface area contributed by atoms with Gasteiger partial charge in [0.05, 0.1) is 10.2 Å². The molecule has 29 heavy (non-hydrogen) atoms. The Labute approximate surface area is 174 Å². The summed E-state index contributed by atoms with van der Waals surface area (Å²) < 4.78 is 1.16. The van der Waals surface area contributed by atoms with E-state index in [2.05, 4.69) is 57.4 Å². The van der Waals surface area contributed by atoms with Crippen molar-refractivity contribution in [3.8, 4) is 11.1 Å². The van der Waals surface area contributed by atoms with Crippen LogP contribution in [0.5, 0.6) is 0 Å². The number of nitrogens with zero attached hydrogens (tertiary/aromatic N) is 4. The van der Waals surface area contributed by atoms with Crippen LogP contribution in [0.3, 0.4) is 0 Å². The number of hydrogen-bond acceptors (Lipinski definition) is 6. The van der Waals surface area contributed by atoms with E-state index in [0.29, 0.717) is 6.04 Å². The molecule has 0 radical (unpaired) electrons. The van der Waals surface area contributed by atoms with Crippen LogP contribution in [0, 0.1) is 0 Å². The molecule has 5 nitrogen and oxygen atoms in total. The molecule has 1 atom stereocenters. The van der Waals surface area contributed by atoms with Crippen molar-refractivity contribution in [3.05, 3.63) is 66.6 Å². The van der Waals surface area contributed by atoms with Crippen molar-refractivity contribution in [1.29, 1.82) is 0 Å². The van der Waals surface area contributed by atoms with Crippen LogP contribution >= 0.6 is 11.3 Å². The van der Waals surface area contributed by atoms with E-state index in [1.54, 1.807) is 11.3 Å². The van der Waals surface area contributed by atoms with Gasteiger partial charge in [0.1, 0.15) is 5.82 Å². The molecule has 1 aliphatic rings. The summed E-state index contributed by atoms with van der Waals surface area (Å²) in [6.07, 6.45) is 8.11. The Kier molecular flexibility index (Phi) is 4.96. The first-order valence-electron chi connectivity index (χ1n) is 10.0. The number of likely N-dealkylation sites (tertiary alicyclic amines) is 1. The van der Waals surface area contributed by atoms with Crippen molar-refractivity contribution in [2.45, 2.75) is 32.4 Å². The minimum atomic E-state index is 0.665. The van der Waals surface area contributed by atoms with Crippen molar-refractivity contribution in [2.24, 2.45) is 0 Å². The maximum atomic E-state index is 4.73. The summed E-state index contributed by atoms with van der Waals surface area (Å²) >= 11 is 1.65. The van der Waals surface area contributed by atoms with Crippen LogP contribution < -0.4 is 5.32 Å². The third kappa shape index (κ3) is 3.99. The molecule has 5 rings (SSSR count). The predicted octanol–water partition coefficient (Wildman–Crippen LogP) is 5.48. The molecule has 0 aliphatic carbocycles. The van der Waals surface area contributed by atoms with Gasteiger partial charge in [-0.15, -0.1) is 0 Å². The number of aromatic nitrogens is 3. The number of fused-ring (bicyclic) bond motifs is 1. The fourth-order valence-corrected chi connectivity index (χ4v) is 4.83. The van der Waals surface area contributed by atoms with E-state index in [1.165, 1.54) is 30.5 Å². The average molecular weight is 402 g/mol. The predicted molar refractivity (Wildman–Crippen MR) is 119 cm³/mol. The van der Waals surface area contributed by atoms with Crippen molar-refractivity contribution < 1.29 is 0 Å². The lowest BCUT2D eigenvalue weighted by molar-refractivity contribution is 0.260. The molecule has 3 aromatic heterocycles. The van der Waals surface area contributed by atoms with Gasteiger partial charge in [-0.25, -0.2) is 9.97 Å². The molecule has 1 N–H and O–H groups in total. The zero-order valence-corrected chi connectivity index (χ0v) is 17.2. The minimum absolute atomic E-state index is 0.665. The van der Waals surface area contributed by atoms with Gasteiger partial charge in [-0.1, -0.05) is 17.4 Å². The van der Waals surface area contributed by atoms with Gasteiger partial charge >= 0.3 is 0 Å². The van der Waals surface area contributed by atoms with Crippen molar-refractivity contribution in [2.75, 3.05) is 11.9 Å². The third-order valence-corrected chi connectivity index (χ3v) is 6.47. The molecule has 0 spiro atoms. The highest BCUT2D eigenvalue weighted by atomic mass is 32.1. The summed E-state index contributed by atoms with van der Waals surface area (Å²) in [4.78, 5) is 15.9. The molecule has 0 bridgehead atoms. The molecule has 6 heteroatoms. The smallest absolute Gasteiger partial charge is 0.189 e. The summed E-state index contributed by atoms with van der Waals surface area (Å²) in [5, 5.41) is 4.26. The highest BCUT2D eigenvalue weighted by Crippen LogP contribution is 2.31. The number of thiazole rings is 1. The maximum Gasteiger partial charge on any atom is 0.189 e. The fourth-order valence-electron chi connectivity index (χ4n) is 3.91.